The molecule has 0 bridgehead atoms. The van der Waals surface area contributed by atoms with E-state index in [4.69, 9.17) is 25.1 Å². The van der Waals surface area contributed by atoms with Crippen LogP contribution < -0.4 is 0 Å². The number of carbonyl (C=O) groups excluding carboxylic acids is 2. The Morgan fingerprint density at radius 1 is 0.696 bits per heavy atom. The maximum atomic E-state index is 11.0. The first-order valence-electron chi connectivity index (χ1n) is 7.66. The average molecular weight is 441 g/mol. The Morgan fingerprint density at radius 3 is 1.52 bits per heavy atom. The van der Waals surface area contributed by atoms with Crippen LogP contribution in [0.2, 0.25) is 0 Å². The van der Waals surface area contributed by atoms with E-state index in [0.717, 1.165) is 0 Å². The first-order valence-corrected chi connectivity index (χ1v) is 9.99. The minimum atomic E-state index is -1.31. The molecule has 0 amide bonds. The van der Waals surface area contributed by atoms with Gasteiger partial charge in [0.2, 0.25) is 0 Å². The van der Waals surface area contributed by atoms with Crippen molar-refractivity contribution in [1.82, 2.24) is 0 Å². The molecule has 0 aromatic carbocycles. The number of esters is 2. The Morgan fingerprint density at radius 2 is 1.13 bits per heavy atom. The summed E-state index contributed by atoms with van der Waals surface area (Å²) in [5.41, 5.74) is 0. The fourth-order valence-electron chi connectivity index (χ4n) is 1.31. The van der Waals surface area contributed by atoms with Crippen LogP contribution in [0.4, 0.5) is 0 Å². The average Bonchev–Trinajstić information content (AvgIpc) is 2.52. The third-order valence-corrected chi connectivity index (χ3v) is 4.13. The second kappa shape index (κ2) is 17.9. The van der Waals surface area contributed by atoms with E-state index in [-0.39, 0.29) is 24.8 Å². The molecule has 0 radical (unpaired) electrons. The van der Waals surface area contributed by atoms with Crippen LogP contribution >= 0.6 is 0 Å². The second-order valence-corrected chi connectivity index (χ2v) is 6.24. The summed E-state index contributed by atoms with van der Waals surface area (Å²) in [6.07, 6.45) is 0.515. The van der Waals surface area contributed by atoms with Crippen LogP contribution in [-0.2, 0) is 34.7 Å². The van der Waals surface area contributed by atoms with Gasteiger partial charge in [-0.25, -0.2) is 0 Å². The van der Waals surface area contributed by atoms with Crippen LogP contribution in [0.5, 0.6) is 0 Å². The molecule has 0 aromatic heterocycles. The molecule has 0 saturated heterocycles. The van der Waals surface area contributed by atoms with Gasteiger partial charge in [0.05, 0.1) is 0 Å². The van der Waals surface area contributed by atoms with Crippen molar-refractivity contribution in [3.05, 3.63) is 0 Å². The number of carbonyl (C=O) groups is 2. The van der Waals surface area contributed by atoms with E-state index in [9.17, 15) is 9.59 Å². The van der Waals surface area contributed by atoms with Gasteiger partial charge in [-0.1, -0.05) is 0 Å². The van der Waals surface area contributed by atoms with Crippen molar-refractivity contribution in [3.8, 4) is 0 Å². The molecule has 132 valence electrons. The molecule has 0 aromatic rings. The maximum absolute atomic E-state index is 11.0. The van der Waals surface area contributed by atoms with Gasteiger partial charge in [0.15, 0.2) is 0 Å². The molecule has 0 rings (SSSR count). The van der Waals surface area contributed by atoms with Crippen LogP contribution in [0.3, 0.4) is 0 Å². The molecule has 0 saturated carbocycles. The monoisotopic (exact) mass is 442 g/mol. The molecule has 0 aliphatic rings. The predicted octanol–water partition coefficient (Wildman–Crippen LogP) is 0.493. The van der Waals surface area contributed by atoms with Crippen LogP contribution in [0.1, 0.15) is 26.7 Å². The molecule has 23 heavy (non-hydrogen) atoms. The third-order valence-electron chi connectivity index (χ3n) is 2.29. The number of ether oxygens (including phenoxy) is 4. The van der Waals surface area contributed by atoms with E-state index < -0.39 is 22.0 Å². The summed E-state index contributed by atoms with van der Waals surface area (Å²) in [6.45, 7) is 6.76. The van der Waals surface area contributed by atoms with E-state index in [2.05, 4.69) is 0 Å². The summed E-state index contributed by atoms with van der Waals surface area (Å²) < 4.78 is 30.7. The minimum absolute atomic E-state index is 0.254. The zero-order chi connectivity index (χ0) is 17.2. The second-order valence-electron chi connectivity index (χ2n) is 4.12. The van der Waals surface area contributed by atoms with Gasteiger partial charge >= 0.3 is 148 Å². The zero-order valence-corrected chi connectivity index (χ0v) is 16.7. The van der Waals surface area contributed by atoms with Crippen molar-refractivity contribution in [1.29, 1.82) is 0 Å². The Bertz CT molecular complexity index is 273. The van der Waals surface area contributed by atoms with Crippen molar-refractivity contribution < 1.29 is 34.7 Å². The third kappa shape index (κ3) is 17.8. The summed E-state index contributed by atoms with van der Waals surface area (Å²) in [6, 6.07) is 0. The Kier molecular flexibility index (Phi) is 17.6. The van der Waals surface area contributed by atoms with Crippen molar-refractivity contribution in [3.63, 3.8) is 0 Å². The number of rotatable bonds is 16. The standard InChI is InChI=1S/2C7H13O4.Sn/c2*1-2-11-7(9)3-5-10-6-4-8;/h2*2-6H2,1H3;/q2*-1;+4. The van der Waals surface area contributed by atoms with Gasteiger partial charge in [0.1, 0.15) is 0 Å². The van der Waals surface area contributed by atoms with Crippen molar-refractivity contribution in [2.45, 2.75) is 26.7 Å². The molecule has 0 aliphatic heterocycles. The van der Waals surface area contributed by atoms with Gasteiger partial charge in [-0.2, -0.15) is 0 Å². The molecule has 9 heteroatoms. The van der Waals surface area contributed by atoms with E-state index in [1.54, 1.807) is 13.8 Å². The molecule has 0 N–H and O–H groups in total. The molecular formula is C14H26O8Sn+2. The summed E-state index contributed by atoms with van der Waals surface area (Å²) in [5, 5.41) is 0. The molecule has 0 spiro atoms. The number of hydrogen-bond donors (Lipinski definition) is 0. The van der Waals surface area contributed by atoms with Crippen molar-refractivity contribution >= 4 is 33.9 Å². The van der Waals surface area contributed by atoms with Crippen molar-refractivity contribution in [2.24, 2.45) is 0 Å². The van der Waals surface area contributed by atoms with Crippen LogP contribution in [-0.4, -0.2) is 86.8 Å². The molecule has 0 unspecified atom stereocenters. The first-order chi connectivity index (χ1) is 11.2. The topological polar surface area (TPSA) is 89.5 Å². The molecule has 8 nitrogen and oxygen atoms in total. The van der Waals surface area contributed by atoms with Crippen LogP contribution in [0.25, 0.3) is 0 Å². The zero-order valence-electron chi connectivity index (χ0n) is 13.8. The Labute approximate surface area is 148 Å². The van der Waals surface area contributed by atoms with Gasteiger partial charge in [-0.3, -0.25) is 0 Å². The van der Waals surface area contributed by atoms with Crippen molar-refractivity contribution in [2.75, 3.05) is 52.9 Å². The van der Waals surface area contributed by atoms with Crippen LogP contribution in [0, 0.1) is 0 Å². The van der Waals surface area contributed by atoms with Gasteiger partial charge in [-0.15, -0.1) is 0 Å². The summed E-state index contributed by atoms with van der Waals surface area (Å²) in [7, 11) is 0. The molecule has 0 heterocycles. The predicted molar refractivity (Wildman–Crippen MR) is 81.8 cm³/mol. The molecule has 0 fully saturated rings. The summed E-state index contributed by atoms with van der Waals surface area (Å²) in [5.74, 6) is -0.507. The summed E-state index contributed by atoms with van der Waals surface area (Å²) in [4.78, 5) is 22.0. The fourth-order valence-corrected chi connectivity index (χ4v) is 2.50. The normalized spacial score (nSPS) is 10.2. The molecular weight excluding hydrogens is 415 g/mol. The van der Waals surface area contributed by atoms with Gasteiger partial charge in [0, 0.05) is 0 Å². The molecule has 0 aliphatic carbocycles. The Balaban J connectivity index is 3.11. The summed E-state index contributed by atoms with van der Waals surface area (Å²) >= 11 is -1.31. The van der Waals surface area contributed by atoms with Crippen LogP contribution in [0.15, 0.2) is 0 Å². The molecule has 0 atom stereocenters. The number of hydrogen-bond acceptors (Lipinski definition) is 8. The van der Waals surface area contributed by atoms with E-state index in [0.29, 0.717) is 52.9 Å². The van der Waals surface area contributed by atoms with E-state index in [1.807, 2.05) is 0 Å². The van der Waals surface area contributed by atoms with E-state index in [1.165, 1.54) is 0 Å². The van der Waals surface area contributed by atoms with Gasteiger partial charge in [0.25, 0.3) is 0 Å². The van der Waals surface area contributed by atoms with E-state index >= 15 is 0 Å². The fraction of sp³-hybridized carbons (Fsp3) is 0.857. The van der Waals surface area contributed by atoms with Gasteiger partial charge < -0.3 is 0 Å². The first kappa shape index (κ1) is 22.6. The Hall–Kier alpha value is -0.421. The van der Waals surface area contributed by atoms with Gasteiger partial charge in [-0.05, 0) is 0 Å². The SMILES string of the molecule is CCOC(=O)CCOCC[O][Sn+2][O]CCOCCC(=O)OCC. The quantitative estimate of drug-likeness (QED) is 0.194.